The van der Waals surface area contributed by atoms with E-state index < -0.39 is 10.0 Å². The summed E-state index contributed by atoms with van der Waals surface area (Å²) in [6.45, 7) is 3.25. The Balaban J connectivity index is 2.01. The van der Waals surface area contributed by atoms with E-state index in [2.05, 4.69) is 5.16 Å². The van der Waals surface area contributed by atoms with Gasteiger partial charge >= 0.3 is 0 Å². The highest BCUT2D eigenvalue weighted by molar-refractivity contribution is 7.89. The molecule has 0 fully saturated rings. The van der Waals surface area contributed by atoms with Crippen LogP contribution in [-0.4, -0.2) is 24.9 Å². The van der Waals surface area contributed by atoms with Crippen molar-refractivity contribution >= 4 is 32.6 Å². The van der Waals surface area contributed by atoms with Gasteiger partial charge in [0.1, 0.15) is 16.2 Å². The summed E-state index contributed by atoms with van der Waals surface area (Å²) in [5.74, 6) is 0.262. The van der Waals surface area contributed by atoms with E-state index in [9.17, 15) is 8.42 Å². The molecule has 0 unspecified atom stereocenters. The molecule has 0 aliphatic heterocycles. The summed E-state index contributed by atoms with van der Waals surface area (Å²) in [6.07, 6.45) is 0. The van der Waals surface area contributed by atoms with E-state index in [1.165, 1.54) is 11.4 Å². The molecule has 0 bridgehead atoms. The van der Waals surface area contributed by atoms with Crippen molar-refractivity contribution in [2.24, 2.45) is 0 Å². The SMILES string of the molecule is Cc1noc(C)c1S(=O)(=O)N(C)Cc1c(Cl)oc2ccccc12. The summed E-state index contributed by atoms with van der Waals surface area (Å²) in [5.41, 5.74) is 1.58. The number of aromatic nitrogens is 1. The Labute approximate surface area is 138 Å². The van der Waals surface area contributed by atoms with Gasteiger partial charge in [0, 0.05) is 24.5 Å². The lowest BCUT2D eigenvalue weighted by molar-refractivity contribution is 0.389. The molecule has 0 aliphatic carbocycles. The second kappa shape index (κ2) is 5.67. The summed E-state index contributed by atoms with van der Waals surface area (Å²) >= 11 is 6.13. The molecule has 3 aromatic rings. The van der Waals surface area contributed by atoms with Gasteiger partial charge < -0.3 is 8.94 Å². The quantitative estimate of drug-likeness (QED) is 0.716. The summed E-state index contributed by atoms with van der Waals surface area (Å²) in [6, 6.07) is 7.31. The molecule has 0 atom stereocenters. The molecule has 1 aromatic carbocycles. The Morgan fingerprint density at radius 2 is 1.96 bits per heavy atom. The molecule has 2 heterocycles. The first kappa shape index (κ1) is 16.0. The number of hydrogen-bond donors (Lipinski definition) is 0. The maximum atomic E-state index is 12.8. The number of furan rings is 1. The van der Waals surface area contributed by atoms with Gasteiger partial charge in [0.15, 0.2) is 11.0 Å². The molecule has 2 aromatic heterocycles. The van der Waals surface area contributed by atoms with Crippen LogP contribution >= 0.6 is 11.6 Å². The van der Waals surface area contributed by atoms with E-state index in [1.54, 1.807) is 19.9 Å². The average molecular weight is 355 g/mol. The fourth-order valence-corrected chi connectivity index (χ4v) is 4.19. The molecule has 8 heteroatoms. The van der Waals surface area contributed by atoms with Crippen LogP contribution in [0.2, 0.25) is 5.22 Å². The third-order valence-corrected chi connectivity index (χ3v) is 6.02. The van der Waals surface area contributed by atoms with E-state index in [0.717, 1.165) is 5.39 Å². The zero-order valence-electron chi connectivity index (χ0n) is 12.8. The van der Waals surface area contributed by atoms with Crippen molar-refractivity contribution in [1.82, 2.24) is 9.46 Å². The van der Waals surface area contributed by atoms with Gasteiger partial charge in [-0.25, -0.2) is 8.42 Å². The van der Waals surface area contributed by atoms with E-state index >= 15 is 0 Å². The van der Waals surface area contributed by atoms with Gasteiger partial charge in [-0.15, -0.1) is 0 Å². The van der Waals surface area contributed by atoms with Gasteiger partial charge in [-0.1, -0.05) is 23.4 Å². The number of rotatable bonds is 4. The van der Waals surface area contributed by atoms with Crippen LogP contribution in [0.4, 0.5) is 0 Å². The van der Waals surface area contributed by atoms with Gasteiger partial charge in [0.2, 0.25) is 10.0 Å². The highest BCUT2D eigenvalue weighted by Crippen LogP contribution is 2.32. The van der Waals surface area contributed by atoms with Crippen LogP contribution in [0.5, 0.6) is 0 Å². The molecule has 122 valence electrons. The number of sulfonamides is 1. The summed E-state index contributed by atoms with van der Waals surface area (Å²) in [4.78, 5) is 0.0870. The maximum Gasteiger partial charge on any atom is 0.248 e. The minimum Gasteiger partial charge on any atom is -0.444 e. The zero-order chi connectivity index (χ0) is 16.8. The lowest BCUT2D eigenvalue weighted by Gasteiger charge is -2.16. The number of para-hydroxylation sites is 1. The van der Waals surface area contributed by atoms with Crippen molar-refractivity contribution in [3.8, 4) is 0 Å². The van der Waals surface area contributed by atoms with Gasteiger partial charge in [0.25, 0.3) is 0 Å². The minimum absolute atomic E-state index is 0.0856. The second-order valence-electron chi connectivity index (χ2n) is 5.26. The average Bonchev–Trinajstić information content (AvgIpc) is 2.99. The molecule has 0 radical (unpaired) electrons. The van der Waals surface area contributed by atoms with Crippen LogP contribution in [0.25, 0.3) is 11.0 Å². The Hall–Kier alpha value is -1.83. The van der Waals surface area contributed by atoms with E-state index in [0.29, 0.717) is 16.8 Å². The van der Waals surface area contributed by atoms with Crippen molar-refractivity contribution in [2.75, 3.05) is 7.05 Å². The predicted octanol–water partition coefficient (Wildman–Crippen LogP) is 3.51. The number of halogens is 1. The normalized spacial score (nSPS) is 12.4. The Morgan fingerprint density at radius 1 is 1.26 bits per heavy atom. The molecule has 0 saturated carbocycles. The van der Waals surface area contributed by atoms with Crippen LogP contribution in [0.3, 0.4) is 0 Å². The predicted molar refractivity (Wildman–Crippen MR) is 85.9 cm³/mol. The Bertz CT molecular complexity index is 955. The minimum atomic E-state index is -3.74. The van der Waals surface area contributed by atoms with E-state index in [1.807, 2.05) is 18.2 Å². The van der Waals surface area contributed by atoms with Crippen LogP contribution < -0.4 is 0 Å². The molecule has 0 saturated heterocycles. The Morgan fingerprint density at radius 3 is 2.61 bits per heavy atom. The Kier molecular flexibility index (Phi) is 3.95. The zero-order valence-corrected chi connectivity index (χ0v) is 14.4. The van der Waals surface area contributed by atoms with Crippen molar-refractivity contribution in [1.29, 1.82) is 0 Å². The standard InChI is InChI=1S/C15H15ClN2O4S/c1-9-14(10(2)22-17-9)23(19,20)18(3)8-12-11-6-4-5-7-13(11)21-15(12)16/h4-7H,8H2,1-3H3. The van der Waals surface area contributed by atoms with Gasteiger partial charge in [0.05, 0.1) is 0 Å². The lowest BCUT2D eigenvalue weighted by Crippen LogP contribution is -2.27. The topological polar surface area (TPSA) is 76.6 Å². The highest BCUT2D eigenvalue weighted by Gasteiger charge is 2.30. The first-order valence-electron chi connectivity index (χ1n) is 6.87. The van der Waals surface area contributed by atoms with Crippen LogP contribution in [0, 0.1) is 13.8 Å². The smallest absolute Gasteiger partial charge is 0.248 e. The number of aryl methyl sites for hydroxylation is 2. The molecule has 3 rings (SSSR count). The molecule has 0 N–H and O–H groups in total. The lowest BCUT2D eigenvalue weighted by atomic mass is 10.2. The fourth-order valence-electron chi connectivity index (χ4n) is 2.52. The molecule has 6 nitrogen and oxygen atoms in total. The molecular formula is C15H15ClN2O4S. The van der Waals surface area contributed by atoms with Gasteiger partial charge in [-0.05, 0) is 31.5 Å². The summed E-state index contributed by atoms with van der Waals surface area (Å²) in [7, 11) is -2.26. The largest absolute Gasteiger partial charge is 0.444 e. The number of benzene rings is 1. The van der Waals surface area contributed by atoms with Gasteiger partial charge in [-0.3, -0.25) is 0 Å². The monoisotopic (exact) mass is 354 g/mol. The van der Waals surface area contributed by atoms with Crippen LogP contribution in [0.15, 0.2) is 38.1 Å². The first-order valence-corrected chi connectivity index (χ1v) is 8.69. The number of nitrogens with zero attached hydrogens (tertiary/aromatic N) is 2. The van der Waals surface area contributed by atoms with Crippen molar-refractivity contribution < 1.29 is 17.4 Å². The highest BCUT2D eigenvalue weighted by atomic mass is 35.5. The second-order valence-corrected chi connectivity index (χ2v) is 7.59. The van der Waals surface area contributed by atoms with Gasteiger partial charge in [-0.2, -0.15) is 4.31 Å². The molecule has 0 spiro atoms. The molecule has 23 heavy (non-hydrogen) atoms. The molecular weight excluding hydrogens is 340 g/mol. The first-order chi connectivity index (χ1) is 10.8. The maximum absolute atomic E-state index is 12.8. The fraction of sp³-hybridized carbons (Fsp3) is 0.267. The van der Waals surface area contributed by atoms with Crippen molar-refractivity contribution in [3.63, 3.8) is 0 Å². The summed E-state index contributed by atoms with van der Waals surface area (Å²) < 4.78 is 37.2. The molecule has 0 aliphatic rings. The third kappa shape index (κ3) is 2.65. The third-order valence-electron chi connectivity index (χ3n) is 3.67. The summed E-state index contributed by atoms with van der Waals surface area (Å²) in [5, 5.41) is 4.68. The van der Waals surface area contributed by atoms with Crippen LogP contribution in [-0.2, 0) is 16.6 Å². The number of fused-ring (bicyclic) bond motifs is 1. The van der Waals surface area contributed by atoms with Crippen LogP contribution in [0.1, 0.15) is 17.0 Å². The van der Waals surface area contributed by atoms with Crippen molar-refractivity contribution in [2.45, 2.75) is 25.3 Å². The number of hydrogen-bond acceptors (Lipinski definition) is 5. The molecule has 0 amide bonds. The van der Waals surface area contributed by atoms with E-state index in [-0.39, 0.29) is 22.4 Å². The van der Waals surface area contributed by atoms with Crippen molar-refractivity contribution in [3.05, 3.63) is 46.5 Å². The van der Waals surface area contributed by atoms with E-state index in [4.69, 9.17) is 20.5 Å².